The highest BCUT2D eigenvalue weighted by Gasteiger charge is 2.19. The molecule has 8 nitrogen and oxygen atoms in total. The van der Waals surface area contributed by atoms with E-state index >= 15 is 0 Å². The molecule has 0 spiro atoms. The molecule has 3 aromatic carbocycles. The highest BCUT2D eigenvalue weighted by molar-refractivity contribution is 5.97. The molecule has 2 aliphatic rings. The summed E-state index contributed by atoms with van der Waals surface area (Å²) in [5.41, 5.74) is 7.05. The number of aromatic nitrogens is 2. The van der Waals surface area contributed by atoms with Gasteiger partial charge in [0.15, 0.2) is 0 Å². The molecule has 4 aromatic rings. The number of rotatable bonds is 5. The Kier molecular flexibility index (Phi) is 7.13. The number of carbonyl (C=O) groups is 1. The fourth-order valence-electron chi connectivity index (χ4n) is 5.35. The number of likely N-dealkylation sites (N-methyl/N-ethyl adjacent to an activating group) is 1. The molecule has 0 radical (unpaired) electrons. The van der Waals surface area contributed by atoms with Crippen LogP contribution in [0.4, 0.5) is 17.3 Å². The van der Waals surface area contributed by atoms with Gasteiger partial charge in [-0.25, -0.2) is 9.97 Å². The maximum atomic E-state index is 12.9. The van der Waals surface area contributed by atoms with Gasteiger partial charge in [0.05, 0.1) is 18.7 Å². The van der Waals surface area contributed by atoms with Crippen molar-refractivity contribution in [2.45, 2.75) is 6.92 Å². The number of nitrogens with zero attached hydrogens (tertiary/aromatic N) is 5. The lowest BCUT2D eigenvalue weighted by atomic mass is 10.0. The summed E-state index contributed by atoms with van der Waals surface area (Å²) in [7, 11) is 2.18. The molecule has 0 saturated carbocycles. The minimum atomic E-state index is 0.0468. The zero-order chi connectivity index (χ0) is 26.8. The smallest absolute Gasteiger partial charge is 0.254 e. The number of carbonyl (C=O) groups excluding carboxylic acids is 1. The summed E-state index contributed by atoms with van der Waals surface area (Å²) in [6.07, 6.45) is 1.86. The number of amides is 1. The first-order valence-corrected chi connectivity index (χ1v) is 13.6. The van der Waals surface area contributed by atoms with E-state index in [0.717, 1.165) is 53.9 Å². The van der Waals surface area contributed by atoms with Gasteiger partial charge in [-0.3, -0.25) is 4.79 Å². The van der Waals surface area contributed by atoms with Crippen LogP contribution in [0.15, 0.2) is 66.9 Å². The van der Waals surface area contributed by atoms with Gasteiger partial charge in [-0.1, -0.05) is 30.3 Å². The Morgan fingerprint density at radius 3 is 2.44 bits per heavy atom. The van der Waals surface area contributed by atoms with E-state index in [-0.39, 0.29) is 5.91 Å². The first-order chi connectivity index (χ1) is 19.0. The highest BCUT2D eigenvalue weighted by atomic mass is 16.5. The van der Waals surface area contributed by atoms with Crippen LogP contribution in [-0.4, -0.2) is 85.2 Å². The van der Waals surface area contributed by atoms with Crippen LogP contribution in [0.25, 0.3) is 22.0 Å². The van der Waals surface area contributed by atoms with Gasteiger partial charge in [0.2, 0.25) is 5.95 Å². The second-order valence-corrected chi connectivity index (χ2v) is 10.3. The molecule has 2 aliphatic heterocycles. The SMILES string of the molecule is Cc1cc(Nc2ncc3cccc(-c4ccc(C(=O)N5CCOCC5)cc4)c3n2)ccc1N1CCN(C)CC1. The lowest BCUT2D eigenvalue weighted by Crippen LogP contribution is -2.44. The fourth-order valence-corrected chi connectivity index (χ4v) is 5.35. The Hall–Kier alpha value is -4.01. The lowest BCUT2D eigenvalue weighted by Gasteiger charge is -2.35. The molecule has 0 aliphatic carbocycles. The minimum Gasteiger partial charge on any atom is -0.378 e. The third kappa shape index (κ3) is 5.44. The molecule has 6 rings (SSSR count). The van der Waals surface area contributed by atoms with E-state index in [2.05, 4.69) is 58.3 Å². The van der Waals surface area contributed by atoms with Gasteiger partial charge < -0.3 is 24.8 Å². The first-order valence-electron chi connectivity index (χ1n) is 13.6. The number of hydrogen-bond acceptors (Lipinski definition) is 7. The number of para-hydroxylation sites is 1. The molecule has 1 amide bonds. The summed E-state index contributed by atoms with van der Waals surface area (Å²) in [6.45, 7) is 8.87. The number of aryl methyl sites for hydroxylation is 1. The summed E-state index contributed by atoms with van der Waals surface area (Å²) in [4.78, 5) is 29.0. The van der Waals surface area contributed by atoms with Gasteiger partial charge in [-0.05, 0) is 55.4 Å². The zero-order valence-electron chi connectivity index (χ0n) is 22.6. The molecule has 0 unspecified atom stereocenters. The Balaban J connectivity index is 1.23. The Labute approximate surface area is 229 Å². The standard InChI is InChI=1S/C31H34N6O2/c1-22-20-26(10-11-28(22)36-14-12-35(2)13-15-36)33-31-32-21-25-4-3-5-27(29(25)34-31)23-6-8-24(9-7-23)30(38)37-16-18-39-19-17-37/h3-11,20-21H,12-19H2,1-2H3,(H,32,33,34). The number of hydrogen-bond donors (Lipinski definition) is 1. The molecule has 39 heavy (non-hydrogen) atoms. The van der Waals surface area contributed by atoms with Crippen LogP contribution >= 0.6 is 0 Å². The summed E-state index contributed by atoms with van der Waals surface area (Å²) >= 11 is 0. The topological polar surface area (TPSA) is 73.8 Å². The number of anilines is 3. The van der Waals surface area contributed by atoms with E-state index in [4.69, 9.17) is 9.72 Å². The number of morpholine rings is 1. The van der Waals surface area contributed by atoms with E-state index in [9.17, 15) is 4.79 Å². The van der Waals surface area contributed by atoms with Crippen LogP contribution in [0.1, 0.15) is 15.9 Å². The van der Waals surface area contributed by atoms with Crippen LogP contribution in [0.3, 0.4) is 0 Å². The quantitative estimate of drug-likeness (QED) is 0.412. The minimum absolute atomic E-state index is 0.0468. The van der Waals surface area contributed by atoms with Gasteiger partial charge in [0.1, 0.15) is 0 Å². The van der Waals surface area contributed by atoms with Crippen molar-refractivity contribution < 1.29 is 9.53 Å². The average Bonchev–Trinajstić information content (AvgIpc) is 2.98. The van der Waals surface area contributed by atoms with Crippen molar-refractivity contribution in [3.63, 3.8) is 0 Å². The van der Waals surface area contributed by atoms with Crippen LogP contribution in [-0.2, 0) is 4.74 Å². The second-order valence-electron chi connectivity index (χ2n) is 10.3. The largest absolute Gasteiger partial charge is 0.378 e. The molecule has 2 fully saturated rings. The number of piperazine rings is 1. The van der Waals surface area contributed by atoms with Gasteiger partial charge in [-0.2, -0.15) is 0 Å². The maximum Gasteiger partial charge on any atom is 0.254 e. The Morgan fingerprint density at radius 2 is 1.69 bits per heavy atom. The van der Waals surface area contributed by atoms with Gasteiger partial charge in [-0.15, -0.1) is 0 Å². The molecule has 200 valence electrons. The molecule has 0 atom stereocenters. The summed E-state index contributed by atoms with van der Waals surface area (Å²) in [5.74, 6) is 0.603. The third-order valence-corrected chi connectivity index (χ3v) is 7.65. The number of benzene rings is 3. The van der Waals surface area contributed by atoms with Crippen LogP contribution in [0.2, 0.25) is 0 Å². The molecule has 1 N–H and O–H groups in total. The van der Waals surface area contributed by atoms with E-state index in [1.165, 1.54) is 11.3 Å². The van der Waals surface area contributed by atoms with Gasteiger partial charge >= 0.3 is 0 Å². The van der Waals surface area contributed by atoms with Crippen molar-refractivity contribution in [2.24, 2.45) is 0 Å². The van der Waals surface area contributed by atoms with Crippen LogP contribution in [0.5, 0.6) is 0 Å². The summed E-state index contributed by atoms with van der Waals surface area (Å²) < 4.78 is 5.38. The average molecular weight is 523 g/mol. The van der Waals surface area contributed by atoms with E-state index in [0.29, 0.717) is 37.8 Å². The number of nitrogens with one attached hydrogen (secondary N) is 1. The first kappa shape index (κ1) is 25.3. The van der Waals surface area contributed by atoms with Crippen molar-refractivity contribution in [1.29, 1.82) is 0 Å². The van der Waals surface area contributed by atoms with E-state index in [1.807, 2.05) is 47.5 Å². The second kappa shape index (κ2) is 11.0. The van der Waals surface area contributed by atoms with Crippen molar-refractivity contribution >= 4 is 34.1 Å². The molecular formula is C31H34N6O2. The fraction of sp³-hybridized carbons (Fsp3) is 0.323. The van der Waals surface area contributed by atoms with Crippen molar-refractivity contribution in [3.05, 3.63) is 78.0 Å². The molecule has 1 aromatic heterocycles. The zero-order valence-corrected chi connectivity index (χ0v) is 22.6. The van der Waals surface area contributed by atoms with Gasteiger partial charge in [0, 0.05) is 73.4 Å². The van der Waals surface area contributed by atoms with E-state index in [1.54, 1.807) is 0 Å². The van der Waals surface area contributed by atoms with Gasteiger partial charge in [0.25, 0.3) is 5.91 Å². The predicted molar refractivity (Wildman–Crippen MR) is 156 cm³/mol. The number of fused-ring (bicyclic) bond motifs is 1. The molecule has 0 bridgehead atoms. The molecule has 2 saturated heterocycles. The highest BCUT2D eigenvalue weighted by Crippen LogP contribution is 2.30. The van der Waals surface area contributed by atoms with Crippen molar-refractivity contribution in [1.82, 2.24) is 19.8 Å². The normalized spacial score (nSPS) is 16.5. The molecular weight excluding hydrogens is 488 g/mol. The molecule has 3 heterocycles. The Morgan fingerprint density at radius 1 is 0.923 bits per heavy atom. The maximum absolute atomic E-state index is 12.9. The Bertz CT molecular complexity index is 1470. The number of ether oxygens (including phenoxy) is 1. The van der Waals surface area contributed by atoms with Crippen LogP contribution in [0, 0.1) is 6.92 Å². The third-order valence-electron chi connectivity index (χ3n) is 7.65. The van der Waals surface area contributed by atoms with Crippen LogP contribution < -0.4 is 10.2 Å². The predicted octanol–water partition coefficient (Wildman–Crippen LogP) is 4.57. The monoisotopic (exact) mass is 522 g/mol. The summed E-state index contributed by atoms with van der Waals surface area (Å²) in [6, 6.07) is 20.4. The van der Waals surface area contributed by atoms with Crippen molar-refractivity contribution in [2.75, 3.05) is 69.7 Å². The lowest BCUT2D eigenvalue weighted by molar-refractivity contribution is 0.0303. The summed E-state index contributed by atoms with van der Waals surface area (Å²) in [5, 5.41) is 4.37. The van der Waals surface area contributed by atoms with Crippen molar-refractivity contribution in [3.8, 4) is 11.1 Å². The van der Waals surface area contributed by atoms with E-state index < -0.39 is 0 Å². The molecule has 8 heteroatoms.